The molecule has 1 aliphatic rings. The molecule has 0 bridgehead atoms. The first kappa shape index (κ1) is 20.3. The van der Waals surface area contributed by atoms with Crippen LogP contribution in [0.4, 0.5) is 0 Å². The lowest BCUT2D eigenvalue weighted by molar-refractivity contribution is -0.124. The number of nitrogens with zero attached hydrogens (tertiary/aromatic N) is 1. The fourth-order valence-corrected chi connectivity index (χ4v) is 3.88. The van der Waals surface area contributed by atoms with Gasteiger partial charge in [0.05, 0.1) is 11.1 Å². The average molecular weight is 383 g/mol. The highest BCUT2D eigenvalue weighted by Crippen LogP contribution is 2.39. The maximum Gasteiger partial charge on any atom is 0.339 e. The van der Waals surface area contributed by atoms with Gasteiger partial charge in [-0.15, -0.1) is 0 Å². The van der Waals surface area contributed by atoms with Gasteiger partial charge in [-0.1, -0.05) is 45.9 Å². The van der Waals surface area contributed by atoms with Crippen LogP contribution in [0.1, 0.15) is 62.2 Å². The van der Waals surface area contributed by atoms with E-state index in [0.29, 0.717) is 18.0 Å². The van der Waals surface area contributed by atoms with Crippen molar-refractivity contribution in [1.29, 1.82) is 0 Å². The Labute approximate surface area is 166 Å². The molecule has 28 heavy (non-hydrogen) atoms. The van der Waals surface area contributed by atoms with Gasteiger partial charge in [-0.3, -0.25) is 9.78 Å². The average Bonchev–Trinajstić information content (AvgIpc) is 2.67. The van der Waals surface area contributed by atoms with Gasteiger partial charge in [-0.25, -0.2) is 4.79 Å². The Bertz CT molecular complexity index is 883. The summed E-state index contributed by atoms with van der Waals surface area (Å²) < 4.78 is 5.40. The van der Waals surface area contributed by atoms with Crippen molar-refractivity contribution < 1.29 is 14.3 Å². The van der Waals surface area contributed by atoms with E-state index >= 15 is 0 Å². The van der Waals surface area contributed by atoms with E-state index in [0.717, 1.165) is 47.8 Å². The summed E-state index contributed by atoms with van der Waals surface area (Å²) in [6, 6.07) is 7.67. The van der Waals surface area contributed by atoms with E-state index in [1.165, 1.54) is 0 Å². The first-order valence-electron chi connectivity index (χ1n) is 10.2. The van der Waals surface area contributed by atoms with Crippen molar-refractivity contribution in [2.45, 2.75) is 53.4 Å². The van der Waals surface area contributed by atoms with Crippen LogP contribution in [0.3, 0.4) is 0 Å². The van der Waals surface area contributed by atoms with Gasteiger partial charge >= 0.3 is 5.97 Å². The molecule has 1 heterocycles. The SMILES string of the molecule is CCCNC(=O)COC(=O)c1c2c(nc3ccccc13)CCC(C(C)(C)C)C2. The summed E-state index contributed by atoms with van der Waals surface area (Å²) in [5.74, 6) is -0.228. The highest BCUT2D eigenvalue weighted by Gasteiger charge is 2.33. The second-order valence-corrected chi connectivity index (χ2v) is 8.66. The number of para-hydroxylation sites is 1. The van der Waals surface area contributed by atoms with Crippen molar-refractivity contribution in [3.8, 4) is 0 Å². The number of nitrogens with one attached hydrogen (secondary N) is 1. The fraction of sp³-hybridized carbons (Fsp3) is 0.522. The molecule has 150 valence electrons. The molecule has 0 radical (unpaired) electrons. The minimum atomic E-state index is -0.434. The molecule has 0 spiro atoms. The van der Waals surface area contributed by atoms with Crippen LogP contribution in [0.5, 0.6) is 0 Å². The minimum absolute atomic E-state index is 0.157. The smallest absolute Gasteiger partial charge is 0.339 e. The lowest BCUT2D eigenvalue weighted by Crippen LogP contribution is -2.31. The summed E-state index contributed by atoms with van der Waals surface area (Å²) in [5.41, 5.74) is 3.52. The molecule has 5 nitrogen and oxygen atoms in total. The zero-order valence-electron chi connectivity index (χ0n) is 17.3. The van der Waals surface area contributed by atoms with E-state index in [-0.39, 0.29) is 17.9 Å². The van der Waals surface area contributed by atoms with Crippen LogP contribution in [0.2, 0.25) is 0 Å². The number of fused-ring (bicyclic) bond motifs is 2. The molecule has 0 saturated heterocycles. The highest BCUT2D eigenvalue weighted by atomic mass is 16.5. The van der Waals surface area contributed by atoms with Gasteiger partial charge in [0.25, 0.3) is 5.91 Å². The maximum absolute atomic E-state index is 13.0. The number of hydrogen-bond acceptors (Lipinski definition) is 4. The van der Waals surface area contributed by atoms with Gasteiger partial charge in [0.15, 0.2) is 6.61 Å². The lowest BCUT2D eigenvalue weighted by Gasteiger charge is -2.35. The number of carbonyl (C=O) groups excluding carboxylic acids is 2. The molecular formula is C23H30N2O3. The molecule has 0 aliphatic heterocycles. The van der Waals surface area contributed by atoms with Gasteiger partial charge in [0.1, 0.15) is 0 Å². The second-order valence-electron chi connectivity index (χ2n) is 8.66. The van der Waals surface area contributed by atoms with E-state index in [2.05, 4.69) is 26.1 Å². The number of amides is 1. The van der Waals surface area contributed by atoms with Gasteiger partial charge in [-0.05, 0) is 48.6 Å². The molecule has 0 saturated carbocycles. The first-order valence-corrected chi connectivity index (χ1v) is 10.2. The summed E-state index contributed by atoms with van der Waals surface area (Å²) in [6.07, 6.45) is 3.58. The molecule has 3 rings (SSSR count). The zero-order valence-corrected chi connectivity index (χ0v) is 17.3. The fourth-order valence-electron chi connectivity index (χ4n) is 3.88. The number of aryl methyl sites for hydroxylation is 1. The van der Waals surface area contributed by atoms with Gasteiger partial charge in [0.2, 0.25) is 0 Å². The van der Waals surface area contributed by atoms with Crippen LogP contribution in [0.25, 0.3) is 10.9 Å². The predicted octanol–water partition coefficient (Wildman–Crippen LogP) is 4.07. The topological polar surface area (TPSA) is 68.3 Å². The summed E-state index contributed by atoms with van der Waals surface area (Å²) in [6.45, 7) is 9.03. The molecule has 1 aliphatic carbocycles. The second kappa shape index (κ2) is 8.29. The van der Waals surface area contributed by atoms with Crippen LogP contribution < -0.4 is 5.32 Å². The molecule has 0 fully saturated rings. The molecule has 1 atom stereocenters. The Balaban J connectivity index is 1.95. The summed E-state index contributed by atoms with van der Waals surface area (Å²) in [7, 11) is 0. The number of rotatable bonds is 5. The monoisotopic (exact) mass is 382 g/mol. The zero-order chi connectivity index (χ0) is 20.3. The van der Waals surface area contributed by atoms with E-state index in [4.69, 9.17) is 9.72 Å². The molecule has 1 N–H and O–H groups in total. The third kappa shape index (κ3) is 4.34. The molecule has 1 aromatic carbocycles. The molecule has 1 amide bonds. The Kier molecular flexibility index (Phi) is 6.01. The number of hydrogen-bond donors (Lipinski definition) is 1. The molecule has 1 unspecified atom stereocenters. The van der Waals surface area contributed by atoms with Gasteiger partial charge in [0, 0.05) is 17.6 Å². The number of aromatic nitrogens is 1. The molecular weight excluding hydrogens is 352 g/mol. The number of benzene rings is 1. The maximum atomic E-state index is 13.0. The predicted molar refractivity (Wildman–Crippen MR) is 110 cm³/mol. The highest BCUT2D eigenvalue weighted by molar-refractivity contribution is 6.05. The molecule has 1 aromatic heterocycles. The minimum Gasteiger partial charge on any atom is -0.452 e. The quantitative estimate of drug-likeness (QED) is 0.792. The standard InChI is InChI=1S/C23H30N2O3/c1-5-12-24-20(26)14-28-22(27)21-16-8-6-7-9-18(16)25-19-11-10-15(13-17(19)21)23(2,3)4/h6-9,15H,5,10-14H2,1-4H3,(H,24,26). The van der Waals surface area contributed by atoms with Crippen molar-refractivity contribution >= 4 is 22.8 Å². The van der Waals surface area contributed by atoms with Crippen molar-refractivity contribution in [2.24, 2.45) is 11.3 Å². The van der Waals surface area contributed by atoms with Crippen LogP contribution >= 0.6 is 0 Å². The van der Waals surface area contributed by atoms with Gasteiger partial charge in [-0.2, -0.15) is 0 Å². The summed E-state index contributed by atoms with van der Waals surface area (Å²) in [5, 5.41) is 3.54. The van der Waals surface area contributed by atoms with E-state index in [1.807, 2.05) is 31.2 Å². The Morgan fingerprint density at radius 2 is 2.00 bits per heavy atom. The largest absolute Gasteiger partial charge is 0.452 e. The Hall–Kier alpha value is -2.43. The summed E-state index contributed by atoms with van der Waals surface area (Å²) >= 11 is 0. The number of esters is 1. The van der Waals surface area contributed by atoms with Crippen LogP contribution in [0, 0.1) is 11.3 Å². The first-order chi connectivity index (χ1) is 13.3. The number of carbonyl (C=O) groups is 2. The Morgan fingerprint density at radius 1 is 1.25 bits per heavy atom. The third-order valence-corrected chi connectivity index (χ3v) is 5.59. The molecule has 5 heteroatoms. The van der Waals surface area contributed by atoms with Crippen LogP contribution in [0.15, 0.2) is 24.3 Å². The van der Waals surface area contributed by atoms with Gasteiger partial charge < -0.3 is 10.1 Å². The van der Waals surface area contributed by atoms with E-state index < -0.39 is 5.97 Å². The van der Waals surface area contributed by atoms with Crippen LogP contribution in [-0.4, -0.2) is 30.0 Å². The van der Waals surface area contributed by atoms with E-state index in [1.54, 1.807) is 0 Å². The normalized spacial score (nSPS) is 16.5. The third-order valence-electron chi connectivity index (χ3n) is 5.59. The van der Waals surface area contributed by atoms with Crippen molar-refractivity contribution in [3.63, 3.8) is 0 Å². The summed E-state index contributed by atoms with van der Waals surface area (Å²) in [4.78, 5) is 29.7. The molecule has 2 aromatic rings. The van der Waals surface area contributed by atoms with E-state index in [9.17, 15) is 9.59 Å². The number of pyridine rings is 1. The lowest BCUT2D eigenvalue weighted by atomic mass is 9.70. The van der Waals surface area contributed by atoms with Crippen molar-refractivity contribution in [3.05, 3.63) is 41.1 Å². The Morgan fingerprint density at radius 3 is 2.71 bits per heavy atom. The van der Waals surface area contributed by atoms with Crippen molar-refractivity contribution in [1.82, 2.24) is 10.3 Å². The van der Waals surface area contributed by atoms with Crippen molar-refractivity contribution in [2.75, 3.05) is 13.2 Å². The number of ether oxygens (including phenoxy) is 1. The van der Waals surface area contributed by atoms with Crippen LogP contribution in [-0.2, 0) is 22.4 Å².